The SMILES string of the molecule is CC(=O)N1CCN(C(=NCc2ccc([N+](=O)[O-])cc2)NCCN2CCOCC2)CC1. The van der Waals surface area contributed by atoms with Gasteiger partial charge in [0.05, 0.1) is 24.7 Å². The summed E-state index contributed by atoms with van der Waals surface area (Å²) in [6, 6.07) is 6.48. The molecule has 0 spiro atoms. The third-order valence-corrected chi connectivity index (χ3v) is 5.40. The maximum atomic E-state index is 11.6. The molecule has 2 saturated heterocycles. The van der Waals surface area contributed by atoms with E-state index in [0.717, 1.165) is 64.0 Å². The van der Waals surface area contributed by atoms with Crippen LogP contribution < -0.4 is 5.32 Å². The first-order valence-corrected chi connectivity index (χ1v) is 10.3. The summed E-state index contributed by atoms with van der Waals surface area (Å²) >= 11 is 0. The molecule has 2 aliphatic rings. The average Bonchev–Trinajstić information content (AvgIpc) is 2.77. The minimum atomic E-state index is -0.403. The van der Waals surface area contributed by atoms with Crippen molar-refractivity contribution in [1.82, 2.24) is 20.0 Å². The smallest absolute Gasteiger partial charge is 0.269 e. The van der Waals surface area contributed by atoms with E-state index in [9.17, 15) is 14.9 Å². The number of ether oxygens (including phenoxy) is 1. The number of amides is 1. The zero-order valence-electron chi connectivity index (χ0n) is 17.5. The zero-order chi connectivity index (χ0) is 21.3. The lowest BCUT2D eigenvalue weighted by molar-refractivity contribution is -0.384. The molecule has 0 radical (unpaired) electrons. The lowest BCUT2D eigenvalue weighted by atomic mass is 10.2. The second-order valence-electron chi connectivity index (χ2n) is 7.44. The van der Waals surface area contributed by atoms with Crippen LogP contribution in [0.15, 0.2) is 29.3 Å². The molecule has 2 fully saturated rings. The van der Waals surface area contributed by atoms with Crippen molar-refractivity contribution >= 4 is 17.6 Å². The molecule has 2 aliphatic heterocycles. The number of rotatable bonds is 6. The molecule has 10 heteroatoms. The van der Waals surface area contributed by atoms with Gasteiger partial charge in [-0.15, -0.1) is 0 Å². The highest BCUT2D eigenvalue weighted by Gasteiger charge is 2.21. The number of nitrogens with zero attached hydrogens (tertiary/aromatic N) is 5. The van der Waals surface area contributed by atoms with E-state index in [0.29, 0.717) is 19.6 Å². The molecule has 10 nitrogen and oxygen atoms in total. The molecule has 1 aromatic rings. The van der Waals surface area contributed by atoms with Crippen molar-refractivity contribution in [2.24, 2.45) is 4.99 Å². The Hall–Kier alpha value is -2.72. The van der Waals surface area contributed by atoms with Crippen molar-refractivity contribution in [2.75, 3.05) is 65.6 Å². The minimum absolute atomic E-state index is 0.0759. The van der Waals surface area contributed by atoms with Crippen LogP contribution >= 0.6 is 0 Å². The fraction of sp³-hybridized carbons (Fsp3) is 0.600. The Morgan fingerprint density at radius 3 is 2.33 bits per heavy atom. The van der Waals surface area contributed by atoms with Crippen LogP contribution in [0, 0.1) is 10.1 Å². The summed E-state index contributed by atoms with van der Waals surface area (Å²) in [6.45, 7) is 9.94. The highest BCUT2D eigenvalue weighted by Crippen LogP contribution is 2.13. The van der Waals surface area contributed by atoms with Crippen LogP contribution in [0.4, 0.5) is 5.69 Å². The number of nitrogens with one attached hydrogen (secondary N) is 1. The summed E-state index contributed by atoms with van der Waals surface area (Å²) in [5.41, 5.74) is 0.988. The summed E-state index contributed by atoms with van der Waals surface area (Å²) in [5, 5.41) is 14.3. The highest BCUT2D eigenvalue weighted by atomic mass is 16.6. The van der Waals surface area contributed by atoms with E-state index in [1.165, 1.54) is 12.1 Å². The number of hydrogen-bond acceptors (Lipinski definition) is 6. The van der Waals surface area contributed by atoms with Gasteiger partial charge in [0.15, 0.2) is 5.96 Å². The Kier molecular flexibility index (Phi) is 7.97. The molecule has 0 aromatic heterocycles. The van der Waals surface area contributed by atoms with Crippen LogP contribution in [0.2, 0.25) is 0 Å². The number of non-ortho nitro benzene ring substituents is 1. The van der Waals surface area contributed by atoms with Gasteiger partial charge in [0.1, 0.15) is 0 Å². The average molecular weight is 418 g/mol. The molecule has 0 saturated carbocycles. The Morgan fingerprint density at radius 2 is 1.73 bits per heavy atom. The molecule has 0 unspecified atom stereocenters. The number of benzene rings is 1. The Labute approximate surface area is 176 Å². The molecule has 3 rings (SSSR count). The third-order valence-electron chi connectivity index (χ3n) is 5.40. The fourth-order valence-corrected chi connectivity index (χ4v) is 3.54. The lowest BCUT2D eigenvalue weighted by Crippen LogP contribution is -2.54. The molecule has 0 bridgehead atoms. The molecule has 30 heavy (non-hydrogen) atoms. The van der Waals surface area contributed by atoms with Crippen molar-refractivity contribution in [1.29, 1.82) is 0 Å². The number of nitro benzene ring substituents is 1. The predicted molar refractivity (Wildman–Crippen MR) is 113 cm³/mol. The monoisotopic (exact) mass is 418 g/mol. The number of hydrogen-bond donors (Lipinski definition) is 1. The van der Waals surface area contributed by atoms with Gasteiger partial charge in [-0.25, -0.2) is 4.99 Å². The largest absolute Gasteiger partial charge is 0.379 e. The third kappa shape index (κ3) is 6.39. The van der Waals surface area contributed by atoms with E-state index in [4.69, 9.17) is 9.73 Å². The number of morpholine rings is 1. The molecule has 0 aliphatic carbocycles. The first-order valence-electron chi connectivity index (χ1n) is 10.3. The minimum Gasteiger partial charge on any atom is -0.379 e. The van der Waals surface area contributed by atoms with E-state index in [2.05, 4.69) is 15.1 Å². The number of guanidine groups is 1. The number of aliphatic imine (C=N–C) groups is 1. The highest BCUT2D eigenvalue weighted by molar-refractivity contribution is 5.80. The van der Waals surface area contributed by atoms with E-state index in [-0.39, 0.29) is 11.6 Å². The second-order valence-corrected chi connectivity index (χ2v) is 7.44. The van der Waals surface area contributed by atoms with Gasteiger partial charge in [-0.05, 0) is 5.56 Å². The summed E-state index contributed by atoms with van der Waals surface area (Å²) in [7, 11) is 0. The van der Waals surface area contributed by atoms with E-state index in [1.807, 2.05) is 4.90 Å². The number of carbonyl (C=O) groups excluding carboxylic acids is 1. The van der Waals surface area contributed by atoms with Gasteiger partial charge in [-0.2, -0.15) is 0 Å². The van der Waals surface area contributed by atoms with Gasteiger partial charge >= 0.3 is 0 Å². The quantitative estimate of drug-likeness (QED) is 0.311. The van der Waals surface area contributed by atoms with Gasteiger partial charge in [0.2, 0.25) is 5.91 Å². The predicted octanol–water partition coefficient (Wildman–Crippen LogP) is 0.537. The van der Waals surface area contributed by atoms with Crippen molar-refractivity contribution < 1.29 is 14.5 Å². The van der Waals surface area contributed by atoms with E-state index >= 15 is 0 Å². The summed E-state index contributed by atoms with van der Waals surface area (Å²) < 4.78 is 5.39. The number of piperazine rings is 1. The van der Waals surface area contributed by atoms with E-state index < -0.39 is 4.92 Å². The van der Waals surface area contributed by atoms with Gasteiger partial charge in [0.25, 0.3) is 5.69 Å². The van der Waals surface area contributed by atoms with Crippen molar-refractivity contribution in [3.63, 3.8) is 0 Å². The Bertz CT molecular complexity index is 740. The summed E-state index contributed by atoms with van der Waals surface area (Å²) in [6.07, 6.45) is 0. The number of carbonyl (C=O) groups is 1. The maximum Gasteiger partial charge on any atom is 0.269 e. The second kappa shape index (κ2) is 10.9. The molecule has 1 amide bonds. The van der Waals surface area contributed by atoms with Gasteiger partial charge in [-0.3, -0.25) is 19.8 Å². The molecule has 2 heterocycles. The van der Waals surface area contributed by atoms with Crippen LogP contribution in [0.3, 0.4) is 0 Å². The van der Waals surface area contributed by atoms with Crippen LogP contribution in [0.25, 0.3) is 0 Å². The summed E-state index contributed by atoms with van der Waals surface area (Å²) in [4.78, 5) is 33.2. The van der Waals surface area contributed by atoms with Crippen molar-refractivity contribution in [2.45, 2.75) is 13.5 Å². The molecule has 1 aromatic carbocycles. The van der Waals surface area contributed by atoms with Gasteiger partial charge in [0, 0.05) is 71.4 Å². The van der Waals surface area contributed by atoms with Crippen LogP contribution in [0.1, 0.15) is 12.5 Å². The molecular weight excluding hydrogens is 388 g/mol. The first-order chi connectivity index (χ1) is 14.5. The number of nitro groups is 1. The normalized spacial score (nSPS) is 18.4. The molecular formula is C20H30N6O4. The van der Waals surface area contributed by atoms with E-state index in [1.54, 1.807) is 19.1 Å². The van der Waals surface area contributed by atoms with Crippen molar-refractivity contribution in [3.05, 3.63) is 39.9 Å². The molecule has 164 valence electrons. The van der Waals surface area contributed by atoms with Gasteiger partial charge in [-0.1, -0.05) is 12.1 Å². The Morgan fingerprint density at radius 1 is 1.10 bits per heavy atom. The standard InChI is InChI=1S/C20H30N6O4/c1-17(27)24-8-10-25(11-9-24)20(21-6-7-23-12-14-30-15-13-23)22-16-18-2-4-19(5-3-18)26(28)29/h2-5H,6-16H2,1H3,(H,21,22). The fourth-order valence-electron chi connectivity index (χ4n) is 3.54. The van der Waals surface area contributed by atoms with Crippen LogP contribution in [0.5, 0.6) is 0 Å². The lowest BCUT2D eigenvalue weighted by Gasteiger charge is -2.36. The van der Waals surface area contributed by atoms with Crippen molar-refractivity contribution in [3.8, 4) is 0 Å². The van der Waals surface area contributed by atoms with Gasteiger partial charge < -0.3 is 19.9 Å². The first kappa shape index (κ1) is 22.0. The van der Waals surface area contributed by atoms with Crippen LogP contribution in [-0.4, -0.2) is 97.1 Å². The zero-order valence-corrected chi connectivity index (χ0v) is 17.5. The maximum absolute atomic E-state index is 11.6. The van der Waals surface area contributed by atoms with Crippen LogP contribution in [-0.2, 0) is 16.1 Å². The molecule has 0 atom stereocenters. The molecule has 1 N–H and O–H groups in total. The summed E-state index contributed by atoms with van der Waals surface area (Å²) in [5.74, 6) is 0.907. The topological polar surface area (TPSA) is 104 Å². The Balaban J connectivity index is 1.60.